The summed E-state index contributed by atoms with van der Waals surface area (Å²) >= 11 is 1.65. The third-order valence-electron chi connectivity index (χ3n) is 1.59. The summed E-state index contributed by atoms with van der Waals surface area (Å²) in [6.07, 6.45) is 1.15. The predicted molar refractivity (Wildman–Crippen MR) is 42.0 cm³/mol. The van der Waals surface area contributed by atoms with Gasteiger partial charge in [0, 0.05) is 11.3 Å². The van der Waals surface area contributed by atoms with E-state index in [1.807, 2.05) is 0 Å². The van der Waals surface area contributed by atoms with Crippen LogP contribution in [0.4, 0.5) is 0 Å². The van der Waals surface area contributed by atoms with Crippen LogP contribution in [0.5, 0.6) is 0 Å². The quantitative estimate of drug-likeness (QED) is 0.584. The summed E-state index contributed by atoms with van der Waals surface area (Å²) in [5.41, 5.74) is 0. The van der Waals surface area contributed by atoms with Crippen LogP contribution < -0.4 is 5.32 Å². The maximum absolute atomic E-state index is 7.26. The molecule has 1 saturated heterocycles. The van der Waals surface area contributed by atoms with Crippen LogP contribution >= 0.6 is 11.8 Å². The SMILES string of the molecule is CCC1SC(=N)NC1C. The zero-order valence-electron chi connectivity index (χ0n) is 5.77. The van der Waals surface area contributed by atoms with E-state index in [4.69, 9.17) is 5.41 Å². The smallest absolute Gasteiger partial charge is 0.154 e. The average Bonchev–Trinajstić information content (AvgIpc) is 2.10. The molecule has 1 heterocycles. The minimum Gasteiger partial charge on any atom is -0.362 e. The minimum atomic E-state index is 0.493. The molecule has 0 amide bonds. The summed E-state index contributed by atoms with van der Waals surface area (Å²) in [6, 6.07) is 0.493. The molecule has 1 aliphatic heterocycles. The average molecular weight is 144 g/mol. The standard InChI is InChI=1S/C6H12N2S/c1-3-5-4(2)8-6(7)9-5/h4-5H,3H2,1-2H3,(H2,7,8). The molecule has 0 bridgehead atoms. The largest absolute Gasteiger partial charge is 0.362 e. The number of nitrogens with one attached hydrogen (secondary N) is 2. The van der Waals surface area contributed by atoms with Crippen molar-refractivity contribution in [2.75, 3.05) is 0 Å². The predicted octanol–water partition coefficient (Wildman–Crippen LogP) is 1.42. The molecule has 3 heteroatoms. The molecule has 0 aromatic carbocycles. The summed E-state index contributed by atoms with van der Waals surface area (Å²) in [5, 5.41) is 11.6. The number of thioether (sulfide) groups is 1. The van der Waals surface area contributed by atoms with Crippen molar-refractivity contribution >= 4 is 16.9 Å². The van der Waals surface area contributed by atoms with Gasteiger partial charge in [-0.05, 0) is 13.3 Å². The topological polar surface area (TPSA) is 35.9 Å². The molecule has 0 saturated carbocycles. The maximum Gasteiger partial charge on any atom is 0.154 e. The molecule has 0 aliphatic carbocycles. The van der Waals surface area contributed by atoms with Gasteiger partial charge in [0.15, 0.2) is 5.17 Å². The van der Waals surface area contributed by atoms with Gasteiger partial charge in [-0.2, -0.15) is 0 Å². The Morgan fingerprint density at radius 2 is 2.44 bits per heavy atom. The Kier molecular flexibility index (Phi) is 2.01. The molecule has 1 fully saturated rings. The molecule has 2 unspecified atom stereocenters. The molecule has 0 radical (unpaired) electrons. The van der Waals surface area contributed by atoms with Gasteiger partial charge in [0.25, 0.3) is 0 Å². The highest BCUT2D eigenvalue weighted by molar-refractivity contribution is 8.14. The molecular formula is C6H12N2S. The Balaban J connectivity index is 2.47. The van der Waals surface area contributed by atoms with E-state index < -0.39 is 0 Å². The fraction of sp³-hybridized carbons (Fsp3) is 0.833. The first-order valence-electron chi connectivity index (χ1n) is 3.25. The summed E-state index contributed by atoms with van der Waals surface area (Å²) in [4.78, 5) is 0. The fourth-order valence-corrected chi connectivity index (χ4v) is 2.02. The van der Waals surface area contributed by atoms with Gasteiger partial charge < -0.3 is 5.32 Å². The van der Waals surface area contributed by atoms with Gasteiger partial charge in [0.2, 0.25) is 0 Å². The second-order valence-corrected chi connectivity index (χ2v) is 3.58. The Bertz CT molecular complexity index is 124. The molecule has 52 valence electrons. The first kappa shape index (κ1) is 6.93. The van der Waals surface area contributed by atoms with Gasteiger partial charge in [0.1, 0.15) is 0 Å². The van der Waals surface area contributed by atoms with Crippen LogP contribution in [0, 0.1) is 5.41 Å². The monoisotopic (exact) mass is 144 g/mol. The van der Waals surface area contributed by atoms with Crippen molar-refractivity contribution < 1.29 is 0 Å². The molecule has 1 rings (SSSR count). The van der Waals surface area contributed by atoms with E-state index >= 15 is 0 Å². The van der Waals surface area contributed by atoms with Crippen LogP contribution in [0.15, 0.2) is 0 Å². The van der Waals surface area contributed by atoms with Gasteiger partial charge in [-0.25, -0.2) is 0 Å². The lowest BCUT2D eigenvalue weighted by Gasteiger charge is -2.08. The van der Waals surface area contributed by atoms with E-state index in [1.54, 1.807) is 11.8 Å². The molecule has 1 aliphatic rings. The number of amidine groups is 1. The lowest BCUT2D eigenvalue weighted by molar-refractivity contribution is 0.632. The zero-order valence-corrected chi connectivity index (χ0v) is 6.59. The normalized spacial score (nSPS) is 34.7. The number of hydrogen-bond donors (Lipinski definition) is 2. The summed E-state index contributed by atoms with van der Waals surface area (Å²) < 4.78 is 0. The lowest BCUT2D eigenvalue weighted by atomic mass is 10.2. The molecule has 2 atom stereocenters. The zero-order chi connectivity index (χ0) is 6.85. The van der Waals surface area contributed by atoms with E-state index in [-0.39, 0.29) is 0 Å². The summed E-state index contributed by atoms with van der Waals surface area (Å²) in [5.74, 6) is 0. The second kappa shape index (κ2) is 2.60. The van der Waals surface area contributed by atoms with Gasteiger partial charge >= 0.3 is 0 Å². The van der Waals surface area contributed by atoms with E-state index in [0.29, 0.717) is 16.5 Å². The first-order chi connectivity index (χ1) is 4.24. The van der Waals surface area contributed by atoms with Crippen molar-refractivity contribution in [3.05, 3.63) is 0 Å². The second-order valence-electron chi connectivity index (χ2n) is 2.33. The van der Waals surface area contributed by atoms with E-state index in [9.17, 15) is 0 Å². The highest BCUT2D eigenvalue weighted by Gasteiger charge is 2.25. The van der Waals surface area contributed by atoms with Crippen LogP contribution in [-0.2, 0) is 0 Å². The molecule has 2 nitrogen and oxygen atoms in total. The van der Waals surface area contributed by atoms with Crippen molar-refractivity contribution in [3.8, 4) is 0 Å². The summed E-state index contributed by atoms with van der Waals surface area (Å²) in [7, 11) is 0. The number of rotatable bonds is 1. The summed E-state index contributed by atoms with van der Waals surface area (Å²) in [6.45, 7) is 4.29. The fourth-order valence-electron chi connectivity index (χ4n) is 1.02. The van der Waals surface area contributed by atoms with Crippen LogP contribution in [0.2, 0.25) is 0 Å². The van der Waals surface area contributed by atoms with Crippen molar-refractivity contribution in [2.45, 2.75) is 31.6 Å². The van der Waals surface area contributed by atoms with Gasteiger partial charge in [-0.3, -0.25) is 5.41 Å². The van der Waals surface area contributed by atoms with Gasteiger partial charge in [-0.1, -0.05) is 18.7 Å². The molecule has 2 N–H and O–H groups in total. The Morgan fingerprint density at radius 1 is 1.78 bits per heavy atom. The van der Waals surface area contributed by atoms with Crippen molar-refractivity contribution in [1.82, 2.24) is 5.32 Å². The molecule has 0 aromatic heterocycles. The highest BCUT2D eigenvalue weighted by Crippen LogP contribution is 2.24. The van der Waals surface area contributed by atoms with Gasteiger partial charge in [0.05, 0.1) is 0 Å². The van der Waals surface area contributed by atoms with E-state index in [1.165, 1.54) is 0 Å². The van der Waals surface area contributed by atoms with Crippen LogP contribution in [0.3, 0.4) is 0 Å². The van der Waals surface area contributed by atoms with Crippen molar-refractivity contribution in [2.24, 2.45) is 0 Å². The molecular weight excluding hydrogens is 132 g/mol. The van der Waals surface area contributed by atoms with Gasteiger partial charge in [-0.15, -0.1) is 0 Å². The minimum absolute atomic E-state index is 0.493. The first-order valence-corrected chi connectivity index (χ1v) is 4.13. The molecule has 0 spiro atoms. The third kappa shape index (κ3) is 1.39. The van der Waals surface area contributed by atoms with Crippen molar-refractivity contribution in [3.63, 3.8) is 0 Å². The van der Waals surface area contributed by atoms with E-state index in [0.717, 1.165) is 6.42 Å². The van der Waals surface area contributed by atoms with E-state index in [2.05, 4.69) is 19.2 Å². The molecule has 9 heavy (non-hydrogen) atoms. The number of hydrogen-bond acceptors (Lipinski definition) is 2. The van der Waals surface area contributed by atoms with Crippen LogP contribution in [0.25, 0.3) is 0 Å². The van der Waals surface area contributed by atoms with Crippen LogP contribution in [-0.4, -0.2) is 16.5 Å². The maximum atomic E-state index is 7.26. The third-order valence-corrected chi connectivity index (χ3v) is 2.99. The Morgan fingerprint density at radius 3 is 2.67 bits per heavy atom. The van der Waals surface area contributed by atoms with Crippen LogP contribution in [0.1, 0.15) is 20.3 Å². The Hall–Kier alpha value is -0.180. The molecule has 0 aromatic rings. The Labute approximate surface area is 59.9 Å². The highest BCUT2D eigenvalue weighted by atomic mass is 32.2. The van der Waals surface area contributed by atoms with Crippen molar-refractivity contribution in [1.29, 1.82) is 5.41 Å². The lowest BCUT2D eigenvalue weighted by Crippen LogP contribution is -2.27.